The molecule has 9 aromatic rings. The van der Waals surface area contributed by atoms with E-state index in [1.54, 1.807) is 0 Å². The Morgan fingerprint density at radius 1 is 0.396 bits per heavy atom. The summed E-state index contributed by atoms with van der Waals surface area (Å²) in [6.07, 6.45) is -0.239. The number of rotatable bonds is 6. The highest BCUT2D eigenvalue weighted by atomic mass is 32.1. The summed E-state index contributed by atoms with van der Waals surface area (Å²) in [5.41, 5.74) is 10.2. The van der Waals surface area contributed by atoms with Gasteiger partial charge < -0.3 is 5.32 Å². The molecule has 0 fully saturated rings. The van der Waals surface area contributed by atoms with Crippen LogP contribution in [-0.4, -0.2) is 11.7 Å². The molecule has 53 heavy (non-hydrogen) atoms. The van der Waals surface area contributed by atoms with Crippen LogP contribution in [0.1, 0.15) is 22.9 Å². The van der Waals surface area contributed by atoms with Gasteiger partial charge in [-0.2, -0.15) is 0 Å². The van der Waals surface area contributed by atoms with E-state index in [-0.39, 0.29) is 6.17 Å². The normalized spacial score (nSPS) is 14.2. The lowest BCUT2D eigenvalue weighted by atomic mass is 9.95. The summed E-state index contributed by atoms with van der Waals surface area (Å²) in [7, 11) is 0. The molecule has 1 atom stereocenters. The number of nitrogens with zero attached hydrogens (tertiary/aromatic N) is 2. The van der Waals surface area contributed by atoms with Crippen LogP contribution in [-0.2, 0) is 0 Å². The van der Waals surface area contributed by atoms with Gasteiger partial charge in [-0.25, -0.2) is 9.98 Å². The maximum Gasteiger partial charge on any atom is 0.159 e. The molecule has 8 aromatic carbocycles. The Morgan fingerprint density at radius 3 is 1.57 bits per heavy atom. The lowest BCUT2D eigenvalue weighted by molar-refractivity contribution is 0.674. The number of aliphatic imine (C=N–C) groups is 2. The summed E-state index contributed by atoms with van der Waals surface area (Å²) in [5.74, 6) is 1.53. The molecule has 3 nitrogen and oxygen atoms in total. The Kier molecular flexibility index (Phi) is 7.74. The zero-order valence-electron chi connectivity index (χ0n) is 28.8. The molecule has 0 spiro atoms. The monoisotopic (exact) mass is 695 g/mol. The summed E-state index contributed by atoms with van der Waals surface area (Å²) in [6, 6.07) is 67.1. The Hall–Kier alpha value is -6.62. The fourth-order valence-electron chi connectivity index (χ4n) is 7.36. The predicted molar refractivity (Wildman–Crippen MR) is 225 cm³/mol. The van der Waals surface area contributed by atoms with E-state index in [9.17, 15) is 0 Å². The van der Waals surface area contributed by atoms with Crippen LogP contribution < -0.4 is 5.32 Å². The van der Waals surface area contributed by atoms with Crippen LogP contribution in [0.2, 0.25) is 0 Å². The van der Waals surface area contributed by atoms with Crippen LogP contribution in [0, 0.1) is 0 Å². The molecule has 0 radical (unpaired) electrons. The first-order chi connectivity index (χ1) is 26.2. The van der Waals surface area contributed by atoms with Gasteiger partial charge in [-0.15, -0.1) is 11.3 Å². The quantitative estimate of drug-likeness (QED) is 0.185. The number of hydrogen-bond acceptors (Lipinski definition) is 4. The van der Waals surface area contributed by atoms with Crippen molar-refractivity contribution in [3.8, 4) is 33.4 Å². The van der Waals surface area contributed by atoms with Gasteiger partial charge in [0.2, 0.25) is 0 Å². The highest BCUT2D eigenvalue weighted by Crippen LogP contribution is 2.39. The summed E-state index contributed by atoms with van der Waals surface area (Å²) in [6.45, 7) is 0. The maximum atomic E-state index is 5.10. The van der Waals surface area contributed by atoms with Gasteiger partial charge >= 0.3 is 0 Å². The van der Waals surface area contributed by atoms with E-state index in [0.29, 0.717) is 5.84 Å². The summed E-state index contributed by atoms with van der Waals surface area (Å²) in [4.78, 5) is 10.1. The predicted octanol–water partition coefficient (Wildman–Crippen LogP) is 12.7. The average molecular weight is 696 g/mol. The van der Waals surface area contributed by atoms with E-state index in [4.69, 9.17) is 9.98 Å². The molecular formula is C49H33N3S. The van der Waals surface area contributed by atoms with Crippen molar-refractivity contribution >= 4 is 54.0 Å². The van der Waals surface area contributed by atoms with Crippen LogP contribution in [0.25, 0.3) is 64.3 Å². The minimum absolute atomic E-state index is 0.239. The second-order valence-corrected chi connectivity index (χ2v) is 14.6. The van der Waals surface area contributed by atoms with Crippen LogP contribution in [0.5, 0.6) is 0 Å². The first-order valence-corrected chi connectivity index (χ1v) is 18.7. The standard InChI is InChI=1S/C49H33N3S/c1-3-12-32(13-4-1)47-50-48(33-14-5-2-6-15-33)52-49(51-47)42-23-11-22-38(28-42)36-20-9-18-34(26-36)35-19-10-21-37(27-35)41-24-25-45-43(30-41)44-29-39-16-7-8-17-40(39)31-46(44)53-45/h1-31,47H,(H,50,51,52). The molecule has 10 rings (SSSR count). The number of hydrogen-bond donors (Lipinski definition) is 1. The Labute approximate surface area is 312 Å². The topological polar surface area (TPSA) is 36.8 Å². The highest BCUT2D eigenvalue weighted by molar-refractivity contribution is 7.25. The molecule has 0 saturated carbocycles. The van der Waals surface area contributed by atoms with E-state index >= 15 is 0 Å². The van der Waals surface area contributed by atoms with Crippen molar-refractivity contribution in [1.82, 2.24) is 5.32 Å². The van der Waals surface area contributed by atoms with E-state index in [2.05, 4.69) is 169 Å². The van der Waals surface area contributed by atoms with Crippen LogP contribution in [0.15, 0.2) is 198 Å². The second-order valence-electron chi connectivity index (χ2n) is 13.5. The fourth-order valence-corrected chi connectivity index (χ4v) is 8.48. The number of amidine groups is 2. The molecule has 1 N–H and O–H groups in total. The van der Waals surface area contributed by atoms with Crippen LogP contribution in [0.3, 0.4) is 0 Å². The average Bonchev–Trinajstić information content (AvgIpc) is 3.60. The number of benzene rings is 8. The van der Waals surface area contributed by atoms with E-state index in [1.165, 1.54) is 53.2 Å². The summed E-state index contributed by atoms with van der Waals surface area (Å²) in [5, 5.41) is 8.76. The summed E-state index contributed by atoms with van der Waals surface area (Å²) < 4.78 is 2.65. The Balaban J connectivity index is 0.986. The molecular weight excluding hydrogens is 663 g/mol. The van der Waals surface area contributed by atoms with Crippen molar-refractivity contribution in [3.63, 3.8) is 0 Å². The van der Waals surface area contributed by atoms with Gasteiger partial charge in [0.1, 0.15) is 12.0 Å². The molecule has 0 aliphatic carbocycles. The van der Waals surface area contributed by atoms with Gasteiger partial charge in [-0.05, 0) is 92.2 Å². The molecule has 0 amide bonds. The van der Waals surface area contributed by atoms with Crippen molar-refractivity contribution < 1.29 is 0 Å². The van der Waals surface area contributed by atoms with E-state index < -0.39 is 0 Å². The first kappa shape index (κ1) is 31.1. The van der Waals surface area contributed by atoms with E-state index in [1.807, 2.05) is 35.6 Å². The molecule has 250 valence electrons. The van der Waals surface area contributed by atoms with Gasteiger partial charge in [0.05, 0.1) is 0 Å². The molecule has 1 aliphatic rings. The van der Waals surface area contributed by atoms with Crippen molar-refractivity contribution in [3.05, 3.63) is 205 Å². The smallest absolute Gasteiger partial charge is 0.159 e. The molecule has 0 saturated heterocycles. The molecule has 0 bridgehead atoms. The third-order valence-electron chi connectivity index (χ3n) is 10.1. The van der Waals surface area contributed by atoms with Gasteiger partial charge in [-0.1, -0.05) is 146 Å². The van der Waals surface area contributed by atoms with Crippen molar-refractivity contribution in [1.29, 1.82) is 0 Å². The van der Waals surface area contributed by atoms with Crippen LogP contribution >= 0.6 is 11.3 Å². The number of thiophene rings is 1. The van der Waals surface area contributed by atoms with Gasteiger partial charge in [0.15, 0.2) is 5.84 Å². The fraction of sp³-hybridized carbons (Fsp3) is 0.0204. The molecule has 1 aromatic heterocycles. The second kappa shape index (κ2) is 13.2. The lowest BCUT2D eigenvalue weighted by Gasteiger charge is -2.23. The van der Waals surface area contributed by atoms with Crippen LogP contribution in [0.4, 0.5) is 0 Å². The minimum atomic E-state index is -0.239. The molecule has 4 heteroatoms. The molecule has 1 aliphatic heterocycles. The largest absolute Gasteiger partial charge is 0.344 e. The van der Waals surface area contributed by atoms with E-state index in [0.717, 1.165) is 33.7 Å². The SMILES string of the molecule is c1ccc(C2=NC(c3cccc(-c4cccc(-c5cccc(-c6ccc7sc8cc9ccccc9cc8c7c6)c5)c4)c3)=NC(c3ccccc3)N2)cc1. The molecule has 2 heterocycles. The lowest BCUT2D eigenvalue weighted by Crippen LogP contribution is -2.33. The van der Waals surface area contributed by atoms with Gasteiger partial charge in [0, 0.05) is 31.3 Å². The third-order valence-corrected chi connectivity index (χ3v) is 11.2. The maximum absolute atomic E-state index is 5.10. The van der Waals surface area contributed by atoms with Gasteiger partial charge in [0.25, 0.3) is 0 Å². The van der Waals surface area contributed by atoms with Crippen molar-refractivity contribution in [2.45, 2.75) is 6.17 Å². The zero-order valence-corrected chi connectivity index (χ0v) is 29.6. The molecule has 1 unspecified atom stereocenters. The minimum Gasteiger partial charge on any atom is -0.344 e. The highest BCUT2D eigenvalue weighted by Gasteiger charge is 2.21. The Bertz CT molecular complexity index is 2870. The number of fused-ring (bicyclic) bond motifs is 4. The van der Waals surface area contributed by atoms with Crippen molar-refractivity contribution in [2.75, 3.05) is 0 Å². The zero-order chi connectivity index (χ0) is 35.1. The Morgan fingerprint density at radius 2 is 0.906 bits per heavy atom. The van der Waals surface area contributed by atoms with Crippen molar-refractivity contribution in [2.24, 2.45) is 9.98 Å². The third kappa shape index (κ3) is 5.99. The number of nitrogens with one attached hydrogen (secondary N) is 1. The first-order valence-electron chi connectivity index (χ1n) is 17.9. The van der Waals surface area contributed by atoms with Gasteiger partial charge in [-0.3, -0.25) is 0 Å². The summed E-state index contributed by atoms with van der Waals surface area (Å²) >= 11 is 1.87.